The van der Waals surface area contributed by atoms with E-state index in [1.54, 1.807) is 4.90 Å². The number of para-hydroxylation sites is 1. The number of urea groups is 1. The van der Waals surface area contributed by atoms with Gasteiger partial charge in [-0.3, -0.25) is 4.79 Å². The fourth-order valence-corrected chi connectivity index (χ4v) is 2.62. The maximum absolute atomic E-state index is 12.4. The number of hydrogen-bond donors (Lipinski definition) is 2. The predicted octanol–water partition coefficient (Wildman–Crippen LogP) is 3.24. The molecule has 0 aromatic heterocycles. The Morgan fingerprint density at radius 3 is 2.61 bits per heavy atom. The van der Waals surface area contributed by atoms with Gasteiger partial charge in [0, 0.05) is 24.3 Å². The number of hydrogen-bond acceptors (Lipinski definition) is 2. The highest BCUT2D eigenvalue weighted by molar-refractivity contribution is 5.90. The molecule has 5 nitrogen and oxygen atoms in total. The van der Waals surface area contributed by atoms with Crippen LogP contribution in [0.3, 0.4) is 0 Å². The van der Waals surface area contributed by atoms with Gasteiger partial charge in [0.25, 0.3) is 0 Å². The second-order valence-corrected chi connectivity index (χ2v) is 6.81. The van der Waals surface area contributed by atoms with Crippen molar-refractivity contribution in [2.24, 2.45) is 5.92 Å². The Morgan fingerprint density at radius 1 is 1.26 bits per heavy atom. The van der Waals surface area contributed by atoms with Gasteiger partial charge < -0.3 is 15.5 Å². The second-order valence-electron chi connectivity index (χ2n) is 6.81. The minimum atomic E-state index is -0.203. The molecule has 1 unspecified atom stereocenters. The topological polar surface area (TPSA) is 61.4 Å². The summed E-state index contributed by atoms with van der Waals surface area (Å²) in [5.74, 6) is -0.0786. The highest BCUT2D eigenvalue weighted by Crippen LogP contribution is 2.19. The van der Waals surface area contributed by atoms with Crippen molar-refractivity contribution in [2.75, 3.05) is 18.4 Å². The van der Waals surface area contributed by atoms with Crippen molar-refractivity contribution in [1.29, 1.82) is 0 Å². The van der Waals surface area contributed by atoms with Crippen LogP contribution in [0.4, 0.5) is 10.5 Å². The Hall–Kier alpha value is -2.04. The third-order valence-electron chi connectivity index (χ3n) is 4.45. The Morgan fingerprint density at radius 2 is 1.96 bits per heavy atom. The van der Waals surface area contributed by atoms with Gasteiger partial charge in [0.2, 0.25) is 5.91 Å². The van der Waals surface area contributed by atoms with E-state index < -0.39 is 0 Å². The lowest BCUT2D eigenvalue weighted by molar-refractivity contribution is -0.127. The van der Waals surface area contributed by atoms with E-state index in [0.717, 1.165) is 24.9 Å². The van der Waals surface area contributed by atoms with Gasteiger partial charge in [0.15, 0.2) is 0 Å². The molecule has 1 aliphatic heterocycles. The summed E-state index contributed by atoms with van der Waals surface area (Å²) in [6.45, 7) is 7.27. The zero-order chi connectivity index (χ0) is 16.9. The lowest BCUT2D eigenvalue weighted by atomic mass is 9.94. The smallest absolute Gasteiger partial charge is 0.321 e. The number of nitrogens with zero attached hydrogens (tertiary/aromatic N) is 1. The Balaban J connectivity index is 1.92. The van der Waals surface area contributed by atoms with E-state index >= 15 is 0 Å². The summed E-state index contributed by atoms with van der Waals surface area (Å²) in [4.78, 5) is 26.5. The Bertz CT molecular complexity index is 542. The van der Waals surface area contributed by atoms with Gasteiger partial charge in [-0.1, -0.05) is 25.1 Å². The van der Waals surface area contributed by atoms with Gasteiger partial charge in [-0.05, 0) is 45.2 Å². The number of benzene rings is 1. The molecule has 5 heteroatoms. The maximum atomic E-state index is 12.4. The molecule has 2 N–H and O–H groups in total. The molecule has 3 amide bonds. The van der Waals surface area contributed by atoms with Crippen LogP contribution in [0.5, 0.6) is 0 Å². The lowest BCUT2D eigenvalue weighted by Gasteiger charge is -2.34. The third-order valence-corrected chi connectivity index (χ3v) is 4.45. The van der Waals surface area contributed by atoms with E-state index in [1.807, 2.05) is 44.2 Å². The van der Waals surface area contributed by atoms with Crippen molar-refractivity contribution in [3.8, 4) is 0 Å². The molecule has 23 heavy (non-hydrogen) atoms. The van der Waals surface area contributed by atoms with Gasteiger partial charge in [-0.2, -0.15) is 0 Å². The van der Waals surface area contributed by atoms with Crippen molar-refractivity contribution in [1.82, 2.24) is 10.2 Å². The van der Waals surface area contributed by atoms with Gasteiger partial charge in [0.05, 0.1) is 5.92 Å². The number of carbonyl (C=O) groups excluding carboxylic acids is 2. The van der Waals surface area contributed by atoms with Gasteiger partial charge in [-0.15, -0.1) is 0 Å². The highest BCUT2D eigenvalue weighted by Gasteiger charge is 2.30. The number of nitrogens with one attached hydrogen (secondary N) is 2. The molecule has 1 fully saturated rings. The maximum Gasteiger partial charge on any atom is 0.321 e. The predicted molar refractivity (Wildman–Crippen MR) is 92.3 cm³/mol. The fourth-order valence-electron chi connectivity index (χ4n) is 2.62. The van der Waals surface area contributed by atoms with Gasteiger partial charge in [0.1, 0.15) is 0 Å². The zero-order valence-corrected chi connectivity index (χ0v) is 14.3. The van der Waals surface area contributed by atoms with E-state index in [4.69, 9.17) is 0 Å². The average molecular weight is 317 g/mol. The van der Waals surface area contributed by atoms with Crippen LogP contribution in [-0.2, 0) is 4.79 Å². The van der Waals surface area contributed by atoms with E-state index in [9.17, 15) is 9.59 Å². The Kier molecular flexibility index (Phi) is 5.64. The Labute approximate surface area is 138 Å². The number of likely N-dealkylation sites (tertiary alicyclic amines) is 1. The average Bonchev–Trinajstić information content (AvgIpc) is 2.55. The first-order chi connectivity index (χ1) is 10.9. The first kappa shape index (κ1) is 17.3. The van der Waals surface area contributed by atoms with Gasteiger partial charge >= 0.3 is 6.03 Å². The number of rotatable bonds is 4. The quantitative estimate of drug-likeness (QED) is 0.895. The molecule has 1 saturated heterocycles. The standard InChI is InChI=1S/C18H27N3O2/c1-4-18(2,3)20-16(22)14-9-8-12-21(13-14)17(23)19-15-10-6-5-7-11-15/h5-7,10-11,14H,4,8-9,12-13H2,1-3H3,(H,19,23)(H,20,22). The van der Waals surface area contributed by atoms with Crippen molar-refractivity contribution in [2.45, 2.75) is 45.6 Å². The monoisotopic (exact) mass is 317 g/mol. The molecule has 0 saturated carbocycles. The lowest BCUT2D eigenvalue weighted by Crippen LogP contribution is -2.51. The fraction of sp³-hybridized carbons (Fsp3) is 0.556. The van der Waals surface area contributed by atoms with Crippen LogP contribution >= 0.6 is 0 Å². The van der Waals surface area contributed by atoms with Crippen LogP contribution in [0.25, 0.3) is 0 Å². The molecule has 126 valence electrons. The SMILES string of the molecule is CCC(C)(C)NC(=O)C1CCCN(C(=O)Nc2ccccc2)C1. The van der Waals surface area contributed by atoms with E-state index in [0.29, 0.717) is 13.1 Å². The van der Waals surface area contributed by atoms with Gasteiger partial charge in [-0.25, -0.2) is 4.79 Å². The van der Waals surface area contributed by atoms with Crippen molar-refractivity contribution < 1.29 is 9.59 Å². The summed E-state index contributed by atoms with van der Waals surface area (Å²) >= 11 is 0. The first-order valence-corrected chi connectivity index (χ1v) is 8.34. The largest absolute Gasteiger partial charge is 0.351 e. The molecule has 0 spiro atoms. The number of anilines is 1. The molecular weight excluding hydrogens is 290 g/mol. The molecule has 1 aliphatic rings. The van der Waals surface area contributed by atoms with Crippen molar-refractivity contribution in [3.05, 3.63) is 30.3 Å². The molecule has 2 rings (SSSR count). The molecule has 1 aromatic carbocycles. The molecule has 0 aliphatic carbocycles. The van der Waals surface area contributed by atoms with Crippen LogP contribution in [0.1, 0.15) is 40.0 Å². The minimum Gasteiger partial charge on any atom is -0.351 e. The van der Waals surface area contributed by atoms with Crippen molar-refractivity contribution in [3.63, 3.8) is 0 Å². The van der Waals surface area contributed by atoms with Crippen LogP contribution in [0.2, 0.25) is 0 Å². The molecular formula is C18H27N3O2. The number of carbonyl (C=O) groups is 2. The van der Waals surface area contributed by atoms with Crippen molar-refractivity contribution >= 4 is 17.6 Å². The number of piperidine rings is 1. The van der Waals surface area contributed by atoms with E-state index in [-0.39, 0.29) is 23.4 Å². The molecule has 0 radical (unpaired) electrons. The molecule has 1 atom stereocenters. The summed E-state index contributed by atoms with van der Waals surface area (Å²) < 4.78 is 0. The van der Waals surface area contributed by atoms with Crippen LogP contribution in [0.15, 0.2) is 30.3 Å². The first-order valence-electron chi connectivity index (χ1n) is 8.34. The summed E-state index contributed by atoms with van der Waals surface area (Å²) in [6, 6.07) is 9.25. The summed E-state index contributed by atoms with van der Waals surface area (Å²) in [6.07, 6.45) is 2.57. The zero-order valence-electron chi connectivity index (χ0n) is 14.3. The third kappa shape index (κ3) is 4.98. The minimum absolute atomic E-state index is 0.0501. The molecule has 0 bridgehead atoms. The summed E-state index contributed by atoms with van der Waals surface area (Å²) in [5, 5.41) is 5.97. The van der Waals surface area contributed by atoms with E-state index in [1.165, 1.54) is 0 Å². The summed E-state index contributed by atoms with van der Waals surface area (Å²) in [5.41, 5.74) is 0.572. The highest BCUT2D eigenvalue weighted by atomic mass is 16.2. The van der Waals surface area contributed by atoms with Crippen LogP contribution < -0.4 is 10.6 Å². The normalized spacial score (nSPS) is 18.4. The van der Waals surface area contributed by atoms with E-state index in [2.05, 4.69) is 17.6 Å². The van der Waals surface area contributed by atoms with Crippen LogP contribution in [0, 0.1) is 5.92 Å². The summed E-state index contributed by atoms with van der Waals surface area (Å²) in [7, 11) is 0. The van der Waals surface area contributed by atoms with Crippen LogP contribution in [-0.4, -0.2) is 35.5 Å². The molecule has 1 aromatic rings. The number of amides is 3. The second kappa shape index (κ2) is 7.49. The molecule has 1 heterocycles.